The van der Waals surface area contributed by atoms with Crippen LogP contribution in [-0.4, -0.2) is 37.2 Å². The van der Waals surface area contributed by atoms with Crippen LogP contribution in [0, 0.1) is 0 Å². The lowest BCUT2D eigenvalue weighted by Gasteiger charge is -2.18. The van der Waals surface area contributed by atoms with Crippen LogP contribution in [0.3, 0.4) is 0 Å². The molecule has 0 fully saturated rings. The molecule has 78 heavy (non-hydrogen) atoms. The van der Waals surface area contributed by atoms with Crippen LogP contribution in [0.25, 0.3) is 0 Å². The third-order valence-corrected chi connectivity index (χ3v) is 12.7. The topological polar surface area (TPSA) is 78.9 Å². The van der Waals surface area contributed by atoms with E-state index in [1.54, 1.807) is 0 Å². The van der Waals surface area contributed by atoms with E-state index in [0.717, 1.165) is 173 Å². The number of ether oxygens (including phenoxy) is 3. The number of allylic oxidation sites excluding steroid dienone is 26. The molecule has 0 aromatic carbocycles. The molecular weight excluding hydrogens is 961 g/mol. The van der Waals surface area contributed by atoms with Crippen LogP contribution in [0.4, 0.5) is 0 Å². The fourth-order valence-electron chi connectivity index (χ4n) is 8.09. The van der Waals surface area contributed by atoms with Crippen LogP contribution >= 0.6 is 0 Å². The zero-order valence-corrected chi connectivity index (χ0v) is 50.1. The quantitative estimate of drug-likeness (QED) is 0.0261. The SMILES string of the molecule is CC/C=C\C/C=C\C/C=C\C/C=C\C/C=C\C/C=C\C/C=C\CCCCCC(=O)OCC(COC(=O)CCCCCCC/C=C\CCCCCCC)OC(=O)CCCCCCC/C=C\C/C=C\C/C=C\C/C=C\C/C=C\CC. The van der Waals surface area contributed by atoms with Crippen molar-refractivity contribution in [1.82, 2.24) is 0 Å². The Balaban J connectivity index is 4.51. The molecule has 6 nitrogen and oxygen atoms in total. The Kier molecular flexibility index (Phi) is 60.4. The zero-order valence-electron chi connectivity index (χ0n) is 50.1. The lowest BCUT2D eigenvalue weighted by Crippen LogP contribution is -2.30. The van der Waals surface area contributed by atoms with Gasteiger partial charge in [-0.05, 0) is 148 Å². The molecule has 0 aromatic rings. The molecule has 438 valence electrons. The minimum Gasteiger partial charge on any atom is -0.462 e. The highest BCUT2D eigenvalue weighted by molar-refractivity contribution is 5.71. The summed E-state index contributed by atoms with van der Waals surface area (Å²) in [5.74, 6) is -0.972. The first kappa shape index (κ1) is 73.0. The number of hydrogen-bond donors (Lipinski definition) is 0. The van der Waals surface area contributed by atoms with Crippen molar-refractivity contribution in [1.29, 1.82) is 0 Å². The molecule has 0 rings (SSSR count). The number of esters is 3. The van der Waals surface area contributed by atoms with Crippen molar-refractivity contribution in [2.45, 2.75) is 264 Å². The molecule has 6 heteroatoms. The van der Waals surface area contributed by atoms with Gasteiger partial charge >= 0.3 is 17.9 Å². The fourth-order valence-corrected chi connectivity index (χ4v) is 8.09. The van der Waals surface area contributed by atoms with Crippen molar-refractivity contribution in [2.24, 2.45) is 0 Å². The van der Waals surface area contributed by atoms with E-state index in [0.29, 0.717) is 12.8 Å². The number of carbonyl (C=O) groups excluding carboxylic acids is 3. The van der Waals surface area contributed by atoms with Crippen LogP contribution in [0.1, 0.15) is 258 Å². The van der Waals surface area contributed by atoms with Crippen LogP contribution < -0.4 is 0 Å². The molecule has 0 heterocycles. The van der Waals surface area contributed by atoms with Gasteiger partial charge in [-0.2, -0.15) is 0 Å². The summed E-state index contributed by atoms with van der Waals surface area (Å²) >= 11 is 0. The molecule has 0 saturated heterocycles. The second kappa shape index (κ2) is 64.6. The maximum absolute atomic E-state index is 12.9. The summed E-state index contributed by atoms with van der Waals surface area (Å²) in [6.45, 7) is 6.35. The van der Waals surface area contributed by atoms with Gasteiger partial charge in [0.1, 0.15) is 13.2 Å². The molecule has 0 N–H and O–H groups in total. The predicted molar refractivity (Wildman–Crippen MR) is 338 cm³/mol. The average molecular weight is 1080 g/mol. The highest BCUT2D eigenvalue weighted by Crippen LogP contribution is 2.13. The first-order valence-electron chi connectivity index (χ1n) is 31.5. The van der Waals surface area contributed by atoms with Crippen molar-refractivity contribution < 1.29 is 28.6 Å². The Bertz CT molecular complexity index is 1760. The van der Waals surface area contributed by atoms with Gasteiger partial charge in [-0.15, -0.1) is 0 Å². The molecule has 0 bridgehead atoms. The first-order valence-corrected chi connectivity index (χ1v) is 31.5. The van der Waals surface area contributed by atoms with Gasteiger partial charge in [-0.1, -0.05) is 249 Å². The number of unbranched alkanes of at least 4 members (excludes halogenated alkanes) is 18. The number of hydrogen-bond acceptors (Lipinski definition) is 6. The highest BCUT2D eigenvalue weighted by atomic mass is 16.6. The maximum atomic E-state index is 12.9. The predicted octanol–water partition coefficient (Wildman–Crippen LogP) is 21.7. The molecule has 0 radical (unpaired) electrons. The molecule has 0 spiro atoms. The second-order valence-corrected chi connectivity index (χ2v) is 20.2. The van der Waals surface area contributed by atoms with Gasteiger partial charge in [-0.3, -0.25) is 14.4 Å². The van der Waals surface area contributed by atoms with E-state index < -0.39 is 6.10 Å². The van der Waals surface area contributed by atoms with Crippen molar-refractivity contribution in [3.05, 3.63) is 158 Å². The Labute approximate surface area is 480 Å². The molecule has 0 amide bonds. The molecule has 0 aliphatic heterocycles. The molecule has 1 unspecified atom stereocenters. The molecule has 0 saturated carbocycles. The van der Waals surface area contributed by atoms with E-state index in [9.17, 15) is 14.4 Å². The minimum atomic E-state index is -0.815. The molecule has 1 atom stereocenters. The van der Waals surface area contributed by atoms with Gasteiger partial charge in [-0.25, -0.2) is 0 Å². The normalized spacial score (nSPS) is 13.2. The smallest absolute Gasteiger partial charge is 0.306 e. The first-order chi connectivity index (χ1) is 38.5. The second-order valence-electron chi connectivity index (χ2n) is 20.2. The summed E-state index contributed by atoms with van der Waals surface area (Å²) in [6.07, 6.45) is 93.8. The van der Waals surface area contributed by atoms with E-state index >= 15 is 0 Å². The number of rotatable bonds is 55. The summed E-state index contributed by atoms with van der Waals surface area (Å²) in [6, 6.07) is 0. The van der Waals surface area contributed by atoms with Crippen LogP contribution in [-0.2, 0) is 28.6 Å². The van der Waals surface area contributed by atoms with Gasteiger partial charge in [0.05, 0.1) is 0 Å². The van der Waals surface area contributed by atoms with Gasteiger partial charge in [0.2, 0.25) is 0 Å². The summed E-state index contributed by atoms with van der Waals surface area (Å²) in [5.41, 5.74) is 0. The molecule has 0 aromatic heterocycles. The Morgan fingerprint density at radius 3 is 0.808 bits per heavy atom. The van der Waals surface area contributed by atoms with Crippen molar-refractivity contribution in [3.63, 3.8) is 0 Å². The van der Waals surface area contributed by atoms with E-state index in [1.807, 2.05) is 0 Å². The molecule has 0 aliphatic carbocycles. The maximum Gasteiger partial charge on any atom is 0.306 e. The third kappa shape index (κ3) is 61.9. The third-order valence-electron chi connectivity index (χ3n) is 12.7. The van der Waals surface area contributed by atoms with Crippen LogP contribution in [0.5, 0.6) is 0 Å². The lowest BCUT2D eigenvalue weighted by molar-refractivity contribution is -0.167. The van der Waals surface area contributed by atoms with Gasteiger partial charge in [0.15, 0.2) is 6.10 Å². The Morgan fingerprint density at radius 2 is 0.500 bits per heavy atom. The summed E-state index contributed by atoms with van der Waals surface area (Å²) in [7, 11) is 0. The zero-order chi connectivity index (χ0) is 56.4. The van der Waals surface area contributed by atoms with Crippen molar-refractivity contribution in [3.8, 4) is 0 Å². The fraction of sp³-hybridized carbons (Fsp3) is 0.597. The largest absolute Gasteiger partial charge is 0.462 e. The standard InChI is InChI=1S/C72H114O6/c1-4-7-10-13-16-19-22-25-28-30-32-34-35-36-37-39-40-42-44-47-50-53-56-59-62-65-71(74)77-68-69(67-76-70(73)64-61-58-55-52-49-46-27-24-21-18-15-12-9-6-3)78-72(75)66-63-60-57-54-51-48-45-43-41-38-33-31-29-26-23-20-17-14-11-8-5-2/h7-8,10-11,16-17,19-20,24-29,32-34,36-38,40,42-43,45,47,50,69H,4-6,9,12-15,18,21-23,30-31,35,39,41,44,46,48-49,51-68H2,1-3H3/b10-7-,11-8-,19-16-,20-17-,27-24-,28-25-,29-26-,34-32-,37-36-,38-33-,42-40-,45-43-,50-47-. The van der Waals surface area contributed by atoms with Gasteiger partial charge in [0, 0.05) is 19.3 Å². The van der Waals surface area contributed by atoms with Gasteiger partial charge in [0.25, 0.3) is 0 Å². The molecular formula is C72H114O6. The van der Waals surface area contributed by atoms with E-state index in [1.165, 1.54) is 44.9 Å². The Morgan fingerprint density at radius 1 is 0.269 bits per heavy atom. The Hall–Kier alpha value is -4.97. The summed E-state index contributed by atoms with van der Waals surface area (Å²) in [5, 5.41) is 0. The summed E-state index contributed by atoms with van der Waals surface area (Å²) < 4.78 is 16.9. The van der Waals surface area contributed by atoms with E-state index in [4.69, 9.17) is 14.2 Å². The van der Waals surface area contributed by atoms with Crippen LogP contribution in [0.2, 0.25) is 0 Å². The van der Waals surface area contributed by atoms with E-state index in [-0.39, 0.29) is 37.5 Å². The van der Waals surface area contributed by atoms with Crippen molar-refractivity contribution in [2.75, 3.05) is 13.2 Å². The lowest BCUT2D eigenvalue weighted by atomic mass is 10.1. The van der Waals surface area contributed by atoms with Gasteiger partial charge < -0.3 is 14.2 Å². The van der Waals surface area contributed by atoms with E-state index in [2.05, 4.69) is 179 Å². The molecule has 0 aliphatic rings. The average Bonchev–Trinajstić information content (AvgIpc) is 3.44. The highest BCUT2D eigenvalue weighted by Gasteiger charge is 2.19. The summed E-state index contributed by atoms with van der Waals surface area (Å²) in [4.78, 5) is 38.3. The minimum absolute atomic E-state index is 0.108. The monoisotopic (exact) mass is 1070 g/mol. The number of carbonyl (C=O) groups is 3. The van der Waals surface area contributed by atoms with Crippen LogP contribution in [0.15, 0.2) is 158 Å². The van der Waals surface area contributed by atoms with Crippen molar-refractivity contribution >= 4 is 17.9 Å².